The van der Waals surface area contributed by atoms with Gasteiger partial charge in [-0.15, -0.1) is 0 Å². The predicted octanol–water partition coefficient (Wildman–Crippen LogP) is 5.17. The molecule has 0 saturated heterocycles. The number of nitrogens with two attached hydrogens (primary N) is 1. The van der Waals surface area contributed by atoms with E-state index in [0.717, 1.165) is 12.3 Å². The number of rotatable bonds is 6. The molecule has 1 aromatic carbocycles. The smallest absolute Gasteiger partial charge is 0.0415 e. The Kier molecular flexibility index (Phi) is 5.65. The van der Waals surface area contributed by atoms with Crippen LogP contribution in [0.25, 0.3) is 0 Å². The number of benzene rings is 1. The zero-order chi connectivity index (χ0) is 14.4. The second kappa shape index (κ2) is 7.26. The van der Waals surface area contributed by atoms with Gasteiger partial charge in [0, 0.05) is 5.54 Å². The van der Waals surface area contributed by atoms with Gasteiger partial charge in [-0.05, 0) is 42.7 Å². The summed E-state index contributed by atoms with van der Waals surface area (Å²) in [6.07, 6.45) is 11.3. The third kappa shape index (κ3) is 3.63. The first-order valence-corrected chi connectivity index (χ1v) is 8.57. The highest BCUT2D eigenvalue weighted by Crippen LogP contribution is 2.38. The quantitative estimate of drug-likeness (QED) is 0.711. The minimum atomic E-state index is -0.0818. The lowest BCUT2D eigenvalue weighted by molar-refractivity contribution is 0.278. The van der Waals surface area contributed by atoms with Crippen molar-refractivity contribution in [3.8, 4) is 0 Å². The Morgan fingerprint density at radius 1 is 1.20 bits per heavy atom. The van der Waals surface area contributed by atoms with E-state index in [4.69, 9.17) is 5.73 Å². The molecule has 1 nitrogen and oxygen atoms in total. The Bertz CT molecular complexity index is 412. The van der Waals surface area contributed by atoms with Crippen molar-refractivity contribution in [2.45, 2.75) is 77.2 Å². The van der Waals surface area contributed by atoms with E-state index in [1.54, 1.807) is 0 Å². The van der Waals surface area contributed by atoms with Crippen LogP contribution in [0.2, 0.25) is 0 Å². The average Bonchev–Trinajstić information content (AvgIpc) is 2.64. The van der Waals surface area contributed by atoms with E-state index in [0.29, 0.717) is 0 Å². The van der Waals surface area contributed by atoms with Gasteiger partial charge in [0.25, 0.3) is 0 Å². The van der Waals surface area contributed by atoms with Crippen molar-refractivity contribution >= 4 is 0 Å². The van der Waals surface area contributed by atoms with Gasteiger partial charge in [-0.2, -0.15) is 0 Å². The highest BCUT2D eigenvalue weighted by molar-refractivity contribution is 5.34. The first-order chi connectivity index (χ1) is 9.69. The van der Waals surface area contributed by atoms with Crippen LogP contribution in [0.1, 0.15) is 76.3 Å². The van der Waals surface area contributed by atoms with Crippen molar-refractivity contribution in [3.63, 3.8) is 0 Å². The summed E-state index contributed by atoms with van der Waals surface area (Å²) in [5, 5.41) is 0. The molecule has 2 atom stereocenters. The third-order valence-corrected chi connectivity index (χ3v) is 5.07. The lowest BCUT2D eigenvalue weighted by atomic mass is 9.76. The second-order valence-electron chi connectivity index (χ2n) is 6.64. The molecule has 0 heterocycles. The maximum Gasteiger partial charge on any atom is 0.0415 e. The van der Waals surface area contributed by atoms with Crippen LogP contribution in [0.15, 0.2) is 24.3 Å². The Morgan fingerprint density at radius 2 is 2.00 bits per heavy atom. The van der Waals surface area contributed by atoms with Crippen molar-refractivity contribution in [2.24, 2.45) is 11.7 Å². The number of fused-ring (bicyclic) bond motifs is 1. The second-order valence-corrected chi connectivity index (χ2v) is 6.64. The van der Waals surface area contributed by atoms with Gasteiger partial charge >= 0.3 is 0 Å². The van der Waals surface area contributed by atoms with Gasteiger partial charge in [-0.25, -0.2) is 0 Å². The lowest BCUT2D eigenvalue weighted by Gasteiger charge is -2.34. The van der Waals surface area contributed by atoms with Gasteiger partial charge in [-0.1, -0.05) is 70.2 Å². The van der Waals surface area contributed by atoms with Gasteiger partial charge in [0.2, 0.25) is 0 Å². The Balaban J connectivity index is 2.19. The Labute approximate surface area is 125 Å². The van der Waals surface area contributed by atoms with E-state index in [9.17, 15) is 0 Å². The first-order valence-electron chi connectivity index (χ1n) is 8.57. The molecule has 0 aromatic heterocycles. The van der Waals surface area contributed by atoms with E-state index >= 15 is 0 Å². The molecular weight excluding hydrogens is 242 g/mol. The Hall–Kier alpha value is -0.820. The number of hydrogen-bond donors (Lipinski definition) is 1. The van der Waals surface area contributed by atoms with Crippen LogP contribution in [-0.4, -0.2) is 0 Å². The zero-order valence-electron chi connectivity index (χ0n) is 13.3. The van der Waals surface area contributed by atoms with Crippen molar-refractivity contribution < 1.29 is 0 Å². The van der Waals surface area contributed by atoms with E-state index in [1.165, 1.54) is 62.5 Å². The van der Waals surface area contributed by atoms with Crippen LogP contribution >= 0.6 is 0 Å². The van der Waals surface area contributed by atoms with Gasteiger partial charge in [0.1, 0.15) is 0 Å². The molecule has 112 valence electrons. The van der Waals surface area contributed by atoms with Gasteiger partial charge in [0.05, 0.1) is 0 Å². The first kappa shape index (κ1) is 15.6. The number of hydrogen-bond acceptors (Lipinski definition) is 1. The van der Waals surface area contributed by atoms with Crippen LogP contribution in [-0.2, 0) is 12.0 Å². The molecule has 0 bridgehead atoms. The molecule has 0 spiro atoms. The lowest BCUT2D eigenvalue weighted by Crippen LogP contribution is -2.39. The number of unbranched alkanes of at least 4 members (excludes halogenated alkanes) is 1. The van der Waals surface area contributed by atoms with Gasteiger partial charge < -0.3 is 5.73 Å². The minimum absolute atomic E-state index is 0.0818. The molecule has 0 amide bonds. The molecule has 1 heteroatoms. The highest BCUT2D eigenvalue weighted by atomic mass is 14.7. The van der Waals surface area contributed by atoms with Crippen LogP contribution in [0.4, 0.5) is 0 Å². The fraction of sp³-hybridized carbons (Fsp3) is 0.684. The summed E-state index contributed by atoms with van der Waals surface area (Å²) >= 11 is 0. The summed E-state index contributed by atoms with van der Waals surface area (Å²) in [7, 11) is 0. The maximum atomic E-state index is 6.92. The Morgan fingerprint density at radius 3 is 2.75 bits per heavy atom. The van der Waals surface area contributed by atoms with Crippen LogP contribution in [0.5, 0.6) is 0 Å². The van der Waals surface area contributed by atoms with Gasteiger partial charge in [0.15, 0.2) is 0 Å². The van der Waals surface area contributed by atoms with E-state index < -0.39 is 0 Å². The topological polar surface area (TPSA) is 26.0 Å². The fourth-order valence-corrected chi connectivity index (χ4v) is 3.79. The van der Waals surface area contributed by atoms with E-state index in [2.05, 4.69) is 38.1 Å². The van der Waals surface area contributed by atoms with Gasteiger partial charge in [-0.3, -0.25) is 0 Å². The number of aryl methyl sites for hydroxylation is 1. The van der Waals surface area contributed by atoms with Crippen molar-refractivity contribution in [2.75, 3.05) is 0 Å². The van der Waals surface area contributed by atoms with Crippen molar-refractivity contribution in [1.29, 1.82) is 0 Å². The molecule has 0 radical (unpaired) electrons. The van der Waals surface area contributed by atoms with Crippen molar-refractivity contribution in [3.05, 3.63) is 35.4 Å². The zero-order valence-corrected chi connectivity index (χ0v) is 13.3. The monoisotopic (exact) mass is 273 g/mol. The normalized spacial score (nSPS) is 23.9. The van der Waals surface area contributed by atoms with E-state index in [1.807, 2.05) is 0 Å². The largest absolute Gasteiger partial charge is 0.321 e. The fourth-order valence-electron chi connectivity index (χ4n) is 3.79. The third-order valence-electron chi connectivity index (χ3n) is 5.07. The summed E-state index contributed by atoms with van der Waals surface area (Å²) < 4.78 is 0. The average molecular weight is 273 g/mol. The summed E-state index contributed by atoms with van der Waals surface area (Å²) in [6, 6.07) is 8.90. The minimum Gasteiger partial charge on any atom is -0.321 e. The molecule has 0 fully saturated rings. The van der Waals surface area contributed by atoms with Crippen molar-refractivity contribution in [1.82, 2.24) is 0 Å². The molecule has 1 aliphatic rings. The molecule has 20 heavy (non-hydrogen) atoms. The van der Waals surface area contributed by atoms with Crippen LogP contribution < -0.4 is 5.73 Å². The summed E-state index contributed by atoms with van der Waals surface area (Å²) in [4.78, 5) is 0. The summed E-state index contributed by atoms with van der Waals surface area (Å²) in [6.45, 7) is 4.61. The highest BCUT2D eigenvalue weighted by Gasteiger charge is 2.32. The van der Waals surface area contributed by atoms with Crippen LogP contribution in [0, 0.1) is 5.92 Å². The summed E-state index contributed by atoms with van der Waals surface area (Å²) in [5.74, 6) is 0.783. The predicted molar refractivity (Wildman–Crippen MR) is 87.8 cm³/mol. The summed E-state index contributed by atoms with van der Waals surface area (Å²) in [5.41, 5.74) is 9.77. The molecule has 2 rings (SSSR count). The van der Waals surface area contributed by atoms with E-state index in [-0.39, 0.29) is 5.54 Å². The molecule has 1 aromatic rings. The molecule has 2 N–H and O–H groups in total. The maximum absolute atomic E-state index is 6.92. The SMILES string of the molecule is CCCCC(CC)CC1(N)CCCCc2ccccc21. The molecule has 0 saturated carbocycles. The molecular formula is C19H31N. The molecule has 0 aliphatic heterocycles. The molecule has 1 aliphatic carbocycles. The molecule has 2 unspecified atom stereocenters. The van der Waals surface area contributed by atoms with Crippen LogP contribution in [0.3, 0.4) is 0 Å². The standard InChI is InChI=1S/C19H31N/c1-3-5-10-16(4-2)15-19(20)14-9-8-12-17-11-6-7-13-18(17)19/h6-7,11,13,16H,3-5,8-10,12,14-15,20H2,1-2H3.